The minimum Gasteiger partial charge on any atom is -0.379 e. The number of hydrogen-bond acceptors (Lipinski definition) is 4. The molecular weight excluding hydrogens is 220 g/mol. The molecule has 1 heterocycles. The van der Waals surface area contributed by atoms with Crippen LogP contribution < -0.4 is 10.8 Å². The summed E-state index contributed by atoms with van der Waals surface area (Å²) in [4.78, 5) is 17.4. The molecule has 2 aliphatic rings. The lowest BCUT2D eigenvalue weighted by molar-refractivity contribution is -0.142. The summed E-state index contributed by atoms with van der Waals surface area (Å²) in [7, 11) is 0. The van der Waals surface area contributed by atoms with Crippen molar-refractivity contribution in [2.45, 2.75) is 44.8 Å². The Bertz CT molecular complexity index is 254. The molecule has 1 saturated carbocycles. The van der Waals surface area contributed by atoms with Crippen LogP contribution in [0.4, 0.5) is 0 Å². The number of carbonyl (C=O) groups is 1. The van der Waals surface area contributed by atoms with Crippen LogP contribution in [0, 0.1) is 5.92 Å². The summed E-state index contributed by atoms with van der Waals surface area (Å²) in [6.07, 6.45) is 4.72. The number of amides is 1. The van der Waals surface area contributed by atoms with Crippen LogP contribution in [-0.2, 0) is 14.4 Å². The largest absolute Gasteiger partial charge is 0.379 e. The van der Waals surface area contributed by atoms with Gasteiger partial charge in [0.1, 0.15) is 0 Å². The number of hydroxylamine groups is 1. The van der Waals surface area contributed by atoms with Crippen LogP contribution in [0.15, 0.2) is 0 Å². The lowest BCUT2D eigenvalue weighted by Crippen LogP contribution is -2.44. The second-order valence-corrected chi connectivity index (χ2v) is 4.80. The smallest absolute Gasteiger partial charge is 0.250 e. The minimum absolute atomic E-state index is 0.0552. The molecule has 0 radical (unpaired) electrons. The molecule has 0 aromatic heterocycles. The summed E-state index contributed by atoms with van der Waals surface area (Å²) in [5.74, 6) is -0.184. The Balaban J connectivity index is 1.74. The third kappa shape index (κ3) is 3.40. The van der Waals surface area contributed by atoms with Crippen molar-refractivity contribution in [2.75, 3.05) is 19.8 Å². The van der Waals surface area contributed by atoms with Gasteiger partial charge in [0.2, 0.25) is 0 Å². The summed E-state index contributed by atoms with van der Waals surface area (Å²) in [6, 6.07) is 0.118. The minimum atomic E-state index is -0.128. The van der Waals surface area contributed by atoms with E-state index in [0.717, 1.165) is 19.4 Å². The first-order valence-electron chi connectivity index (χ1n) is 6.58. The van der Waals surface area contributed by atoms with E-state index in [2.05, 4.69) is 10.8 Å². The summed E-state index contributed by atoms with van der Waals surface area (Å²) in [5, 5.41) is 3.26. The van der Waals surface area contributed by atoms with E-state index in [1.807, 2.05) is 6.92 Å². The van der Waals surface area contributed by atoms with Crippen molar-refractivity contribution in [2.24, 2.45) is 5.92 Å². The predicted molar refractivity (Wildman–Crippen MR) is 63.3 cm³/mol. The van der Waals surface area contributed by atoms with Gasteiger partial charge in [-0.3, -0.25) is 9.63 Å². The third-order valence-corrected chi connectivity index (χ3v) is 3.51. The average Bonchev–Trinajstić information content (AvgIpc) is 2.97. The molecule has 2 N–H and O–H groups in total. The van der Waals surface area contributed by atoms with Gasteiger partial charge < -0.3 is 10.1 Å². The lowest BCUT2D eigenvalue weighted by Gasteiger charge is -2.19. The molecule has 5 nitrogen and oxygen atoms in total. The fraction of sp³-hybridized carbons (Fsp3) is 0.917. The Kier molecular flexibility index (Phi) is 4.76. The maximum absolute atomic E-state index is 11.9. The molecule has 1 aliphatic heterocycles. The normalized spacial score (nSPS) is 29.7. The molecule has 2 atom stereocenters. The van der Waals surface area contributed by atoms with Crippen molar-refractivity contribution in [1.29, 1.82) is 0 Å². The standard InChI is InChI=1S/C12H22N2O3/c1-2-13-11-8-16-7-10(11)12(15)14-17-9-5-3-4-6-9/h9-11,13H,2-8H2,1H3,(H,14,15). The van der Waals surface area contributed by atoms with Gasteiger partial charge >= 0.3 is 0 Å². The van der Waals surface area contributed by atoms with E-state index in [-0.39, 0.29) is 24.0 Å². The number of carbonyl (C=O) groups excluding carboxylic acids is 1. The number of ether oxygens (including phenoxy) is 1. The molecule has 0 bridgehead atoms. The number of hydrogen-bond donors (Lipinski definition) is 2. The van der Waals surface area contributed by atoms with Gasteiger partial charge in [-0.1, -0.05) is 19.8 Å². The quantitative estimate of drug-likeness (QED) is 0.693. The second kappa shape index (κ2) is 6.33. The summed E-state index contributed by atoms with van der Waals surface area (Å²) in [5.41, 5.74) is 2.60. The molecule has 1 aliphatic carbocycles. The van der Waals surface area contributed by atoms with Gasteiger partial charge in [0, 0.05) is 6.04 Å². The Morgan fingerprint density at radius 2 is 2.12 bits per heavy atom. The van der Waals surface area contributed by atoms with Gasteiger partial charge in [0.05, 0.1) is 25.2 Å². The zero-order chi connectivity index (χ0) is 12.1. The highest BCUT2D eigenvalue weighted by Crippen LogP contribution is 2.20. The van der Waals surface area contributed by atoms with Crippen molar-refractivity contribution < 1.29 is 14.4 Å². The SMILES string of the molecule is CCNC1COCC1C(=O)NOC1CCCC1. The molecule has 1 amide bonds. The van der Waals surface area contributed by atoms with Crippen LogP contribution >= 0.6 is 0 Å². The van der Waals surface area contributed by atoms with Gasteiger partial charge in [-0.25, -0.2) is 5.48 Å². The highest BCUT2D eigenvalue weighted by molar-refractivity contribution is 5.78. The van der Waals surface area contributed by atoms with Gasteiger partial charge in [-0.2, -0.15) is 0 Å². The molecule has 2 fully saturated rings. The maximum Gasteiger partial charge on any atom is 0.250 e. The molecule has 0 spiro atoms. The fourth-order valence-electron chi connectivity index (χ4n) is 2.50. The van der Waals surface area contributed by atoms with E-state index in [1.54, 1.807) is 0 Å². The van der Waals surface area contributed by atoms with Crippen molar-refractivity contribution in [3.05, 3.63) is 0 Å². The lowest BCUT2D eigenvalue weighted by atomic mass is 10.0. The zero-order valence-electron chi connectivity index (χ0n) is 10.4. The van der Waals surface area contributed by atoms with Crippen molar-refractivity contribution in [3.63, 3.8) is 0 Å². The van der Waals surface area contributed by atoms with Crippen LogP contribution in [0.3, 0.4) is 0 Å². The van der Waals surface area contributed by atoms with Crippen molar-refractivity contribution >= 4 is 5.91 Å². The molecule has 98 valence electrons. The van der Waals surface area contributed by atoms with Crippen molar-refractivity contribution in [3.8, 4) is 0 Å². The first-order chi connectivity index (χ1) is 8.31. The van der Waals surface area contributed by atoms with E-state index >= 15 is 0 Å². The average molecular weight is 242 g/mol. The fourth-order valence-corrected chi connectivity index (χ4v) is 2.50. The van der Waals surface area contributed by atoms with E-state index in [9.17, 15) is 4.79 Å². The van der Waals surface area contributed by atoms with Gasteiger partial charge in [-0.15, -0.1) is 0 Å². The predicted octanol–water partition coefficient (Wildman–Crippen LogP) is 0.601. The van der Waals surface area contributed by atoms with Gasteiger partial charge in [-0.05, 0) is 19.4 Å². The van der Waals surface area contributed by atoms with E-state index in [4.69, 9.17) is 9.57 Å². The zero-order valence-corrected chi connectivity index (χ0v) is 10.4. The highest BCUT2D eigenvalue weighted by atomic mass is 16.7. The topological polar surface area (TPSA) is 59.6 Å². The molecule has 0 aromatic rings. The van der Waals surface area contributed by atoms with Crippen LogP contribution in [0.2, 0.25) is 0 Å². The van der Waals surface area contributed by atoms with E-state index in [1.165, 1.54) is 12.8 Å². The number of likely N-dealkylation sites (N-methyl/N-ethyl adjacent to an activating group) is 1. The Labute approximate surface area is 102 Å². The Morgan fingerprint density at radius 1 is 1.35 bits per heavy atom. The molecule has 0 aromatic carbocycles. The Hall–Kier alpha value is -0.650. The molecular formula is C12H22N2O3. The van der Waals surface area contributed by atoms with Crippen LogP contribution in [0.5, 0.6) is 0 Å². The first-order valence-corrected chi connectivity index (χ1v) is 6.58. The molecule has 1 saturated heterocycles. The molecule has 2 rings (SSSR count). The number of nitrogens with one attached hydrogen (secondary N) is 2. The monoisotopic (exact) mass is 242 g/mol. The first kappa shape index (κ1) is 12.8. The number of rotatable bonds is 5. The summed E-state index contributed by atoms with van der Waals surface area (Å²) < 4.78 is 5.34. The maximum atomic E-state index is 11.9. The van der Waals surface area contributed by atoms with Gasteiger partial charge in [0.15, 0.2) is 0 Å². The van der Waals surface area contributed by atoms with Crippen LogP contribution in [-0.4, -0.2) is 37.8 Å². The van der Waals surface area contributed by atoms with E-state index < -0.39 is 0 Å². The third-order valence-electron chi connectivity index (χ3n) is 3.51. The molecule has 17 heavy (non-hydrogen) atoms. The highest BCUT2D eigenvalue weighted by Gasteiger charge is 2.34. The van der Waals surface area contributed by atoms with Crippen LogP contribution in [0.1, 0.15) is 32.6 Å². The van der Waals surface area contributed by atoms with Crippen molar-refractivity contribution in [1.82, 2.24) is 10.8 Å². The van der Waals surface area contributed by atoms with Gasteiger partial charge in [0.25, 0.3) is 5.91 Å². The van der Waals surface area contributed by atoms with E-state index in [0.29, 0.717) is 13.2 Å². The molecule has 5 heteroatoms. The molecule has 2 unspecified atom stereocenters. The van der Waals surface area contributed by atoms with Crippen LogP contribution in [0.25, 0.3) is 0 Å². The summed E-state index contributed by atoms with van der Waals surface area (Å²) in [6.45, 7) is 3.97. The Morgan fingerprint density at radius 3 is 2.82 bits per heavy atom. The second-order valence-electron chi connectivity index (χ2n) is 4.80. The summed E-state index contributed by atoms with van der Waals surface area (Å²) >= 11 is 0.